The summed E-state index contributed by atoms with van der Waals surface area (Å²) in [4.78, 5) is 13.4. The Balaban J connectivity index is 2.26. The van der Waals surface area contributed by atoms with Crippen LogP contribution in [0.25, 0.3) is 0 Å². The summed E-state index contributed by atoms with van der Waals surface area (Å²) in [5.41, 5.74) is 0.170. The van der Waals surface area contributed by atoms with Crippen molar-refractivity contribution in [2.24, 2.45) is 5.41 Å². The highest BCUT2D eigenvalue weighted by molar-refractivity contribution is 5.75. The van der Waals surface area contributed by atoms with Gasteiger partial charge in [-0.25, -0.2) is 4.79 Å². The van der Waals surface area contributed by atoms with E-state index in [0.717, 1.165) is 19.5 Å². The van der Waals surface area contributed by atoms with Crippen molar-refractivity contribution in [3.8, 4) is 0 Å². The molecule has 1 saturated heterocycles. The van der Waals surface area contributed by atoms with E-state index in [2.05, 4.69) is 33.0 Å². The molecule has 3 heteroatoms. The van der Waals surface area contributed by atoms with Crippen LogP contribution in [0.2, 0.25) is 0 Å². The molecular formula is C10H20N2O. The van der Waals surface area contributed by atoms with Crippen LogP contribution in [-0.4, -0.2) is 30.1 Å². The van der Waals surface area contributed by atoms with E-state index in [-0.39, 0.29) is 11.4 Å². The quantitative estimate of drug-likeness (QED) is 0.662. The molecule has 1 fully saturated rings. The zero-order valence-electron chi connectivity index (χ0n) is 9.05. The van der Waals surface area contributed by atoms with Gasteiger partial charge in [-0.1, -0.05) is 20.8 Å². The zero-order valence-corrected chi connectivity index (χ0v) is 9.05. The molecule has 1 heterocycles. The molecule has 0 radical (unpaired) electrons. The van der Waals surface area contributed by atoms with Crippen molar-refractivity contribution in [1.82, 2.24) is 10.2 Å². The number of urea groups is 1. The van der Waals surface area contributed by atoms with Crippen LogP contribution >= 0.6 is 0 Å². The molecule has 0 bridgehead atoms. The molecule has 1 atom stereocenters. The van der Waals surface area contributed by atoms with Crippen molar-refractivity contribution in [2.75, 3.05) is 13.1 Å². The van der Waals surface area contributed by atoms with Gasteiger partial charge in [-0.3, -0.25) is 0 Å². The smallest absolute Gasteiger partial charge is 0.317 e. The van der Waals surface area contributed by atoms with Crippen molar-refractivity contribution in [1.29, 1.82) is 0 Å². The fourth-order valence-electron chi connectivity index (χ4n) is 1.26. The summed E-state index contributed by atoms with van der Waals surface area (Å²) in [5, 5.41) is 2.94. The van der Waals surface area contributed by atoms with Crippen molar-refractivity contribution in [2.45, 2.75) is 40.2 Å². The lowest BCUT2D eigenvalue weighted by Gasteiger charge is -2.39. The predicted octanol–water partition coefficient (Wildman–Crippen LogP) is 1.84. The molecule has 1 aliphatic rings. The molecule has 1 unspecified atom stereocenters. The molecule has 76 valence electrons. The molecule has 0 saturated carbocycles. The fraction of sp³-hybridized carbons (Fsp3) is 0.900. The SMILES string of the molecule is CC1CCN1C(=O)NCC(C)(C)C. The third-order valence-corrected chi connectivity index (χ3v) is 2.35. The first-order valence-corrected chi connectivity index (χ1v) is 4.94. The van der Waals surface area contributed by atoms with Crippen LogP contribution in [-0.2, 0) is 0 Å². The molecular weight excluding hydrogens is 164 g/mol. The number of rotatable bonds is 1. The summed E-state index contributed by atoms with van der Waals surface area (Å²) in [6.45, 7) is 10.1. The molecule has 0 aliphatic carbocycles. The predicted molar refractivity (Wildman–Crippen MR) is 53.6 cm³/mol. The molecule has 0 aromatic rings. The lowest BCUT2D eigenvalue weighted by atomic mass is 9.97. The molecule has 0 aromatic heterocycles. The van der Waals surface area contributed by atoms with Crippen LogP contribution in [0.4, 0.5) is 4.79 Å². The third kappa shape index (κ3) is 2.90. The number of amides is 2. The number of nitrogens with zero attached hydrogens (tertiary/aromatic N) is 1. The standard InChI is InChI=1S/C10H20N2O/c1-8-5-6-12(8)9(13)11-7-10(2,3)4/h8H,5-7H2,1-4H3,(H,11,13). The maximum atomic E-state index is 11.5. The van der Waals surface area contributed by atoms with Crippen LogP contribution in [0.15, 0.2) is 0 Å². The summed E-state index contributed by atoms with van der Waals surface area (Å²) in [5.74, 6) is 0. The number of carbonyl (C=O) groups excluding carboxylic acids is 1. The minimum absolute atomic E-state index is 0.0914. The highest BCUT2D eigenvalue weighted by Gasteiger charge is 2.28. The molecule has 13 heavy (non-hydrogen) atoms. The highest BCUT2D eigenvalue weighted by Crippen LogP contribution is 2.17. The second-order valence-corrected chi connectivity index (χ2v) is 5.05. The van der Waals surface area contributed by atoms with Gasteiger partial charge >= 0.3 is 6.03 Å². The van der Waals surface area contributed by atoms with Gasteiger partial charge in [0.15, 0.2) is 0 Å². The maximum Gasteiger partial charge on any atom is 0.317 e. The Morgan fingerprint density at radius 2 is 2.15 bits per heavy atom. The zero-order chi connectivity index (χ0) is 10.1. The molecule has 3 nitrogen and oxygen atoms in total. The molecule has 1 rings (SSSR count). The summed E-state index contributed by atoms with van der Waals surface area (Å²) < 4.78 is 0. The average molecular weight is 184 g/mol. The Kier molecular flexibility index (Phi) is 2.84. The van der Waals surface area contributed by atoms with E-state index in [9.17, 15) is 4.79 Å². The van der Waals surface area contributed by atoms with E-state index >= 15 is 0 Å². The van der Waals surface area contributed by atoms with Crippen molar-refractivity contribution in [3.63, 3.8) is 0 Å². The van der Waals surface area contributed by atoms with E-state index in [4.69, 9.17) is 0 Å². The van der Waals surface area contributed by atoms with E-state index in [0.29, 0.717) is 6.04 Å². The van der Waals surface area contributed by atoms with Gasteiger partial charge < -0.3 is 10.2 Å². The maximum absolute atomic E-state index is 11.5. The van der Waals surface area contributed by atoms with Gasteiger partial charge in [-0.15, -0.1) is 0 Å². The van der Waals surface area contributed by atoms with Gasteiger partial charge in [0.2, 0.25) is 0 Å². The van der Waals surface area contributed by atoms with E-state index in [1.807, 2.05) is 4.90 Å². The van der Waals surface area contributed by atoms with Crippen LogP contribution < -0.4 is 5.32 Å². The van der Waals surface area contributed by atoms with Crippen LogP contribution in [0, 0.1) is 5.41 Å². The molecule has 2 amide bonds. The number of likely N-dealkylation sites (tertiary alicyclic amines) is 1. The lowest BCUT2D eigenvalue weighted by molar-refractivity contribution is 0.122. The second kappa shape index (κ2) is 3.56. The van der Waals surface area contributed by atoms with Crippen molar-refractivity contribution in [3.05, 3.63) is 0 Å². The first-order valence-electron chi connectivity index (χ1n) is 4.94. The van der Waals surface area contributed by atoms with E-state index in [1.165, 1.54) is 0 Å². The topological polar surface area (TPSA) is 32.3 Å². The largest absolute Gasteiger partial charge is 0.337 e. The first kappa shape index (κ1) is 10.4. The Morgan fingerprint density at radius 1 is 1.54 bits per heavy atom. The molecule has 0 aromatic carbocycles. The first-order chi connectivity index (χ1) is 5.90. The minimum Gasteiger partial charge on any atom is -0.337 e. The van der Waals surface area contributed by atoms with E-state index in [1.54, 1.807) is 0 Å². The van der Waals surface area contributed by atoms with Gasteiger partial charge in [0.05, 0.1) is 0 Å². The Labute approximate surface area is 80.5 Å². The van der Waals surface area contributed by atoms with E-state index < -0.39 is 0 Å². The summed E-state index contributed by atoms with van der Waals surface area (Å²) in [6.07, 6.45) is 1.14. The van der Waals surface area contributed by atoms with Crippen LogP contribution in [0.1, 0.15) is 34.1 Å². The monoisotopic (exact) mass is 184 g/mol. The van der Waals surface area contributed by atoms with Gasteiger partial charge in [0.25, 0.3) is 0 Å². The van der Waals surface area contributed by atoms with Gasteiger partial charge in [0, 0.05) is 19.1 Å². The fourth-order valence-corrected chi connectivity index (χ4v) is 1.26. The molecule has 0 spiro atoms. The van der Waals surface area contributed by atoms with Crippen LogP contribution in [0.5, 0.6) is 0 Å². The highest BCUT2D eigenvalue weighted by atomic mass is 16.2. The lowest BCUT2D eigenvalue weighted by Crippen LogP contribution is -2.54. The Morgan fingerprint density at radius 3 is 2.46 bits per heavy atom. The number of carbonyl (C=O) groups is 1. The normalized spacial score (nSPS) is 22.5. The Bertz CT molecular complexity index is 196. The molecule has 1 N–H and O–H groups in total. The average Bonchev–Trinajstić information content (AvgIpc) is 1.97. The van der Waals surface area contributed by atoms with Gasteiger partial charge in [-0.2, -0.15) is 0 Å². The van der Waals surface area contributed by atoms with Crippen molar-refractivity contribution < 1.29 is 4.79 Å². The summed E-state index contributed by atoms with van der Waals surface area (Å²) >= 11 is 0. The van der Waals surface area contributed by atoms with Crippen LogP contribution in [0.3, 0.4) is 0 Å². The number of hydrogen-bond donors (Lipinski definition) is 1. The van der Waals surface area contributed by atoms with Gasteiger partial charge in [-0.05, 0) is 18.8 Å². The third-order valence-electron chi connectivity index (χ3n) is 2.35. The molecule has 1 aliphatic heterocycles. The number of hydrogen-bond acceptors (Lipinski definition) is 1. The second-order valence-electron chi connectivity index (χ2n) is 5.05. The van der Waals surface area contributed by atoms with Crippen molar-refractivity contribution >= 4 is 6.03 Å². The summed E-state index contributed by atoms with van der Waals surface area (Å²) in [6, 6.07) is 0.522. The number of nitrogens with one attached hydrogen (secondary N) is 1. The Hall–Kier alpha value is -0.730. The summed E-state index contributed by atoms with van der Waals surface area (Å²) in [7, 11) is 0. The van der Waals surface area contributed by atoms with Gasteiger partial charge in [0.1, 0.15) is 0 Å². The minimum atomic E-state index is 0.0914.